The topological polar surface area (TPSA) is 17.1 Å². The van der Waals surface area contributed by atoms with E-state index in [2.05, 4.69) is 12.2 Å². The zero-order chi connectivity index (χ0) is 11.0. The molecule has 1 fully saturated rings. The lowest BCUT2D eigenvalue weighted by atomic mass is 9.66. The molecule has 0 unspecified atom stereocenters. The molecule has 3 rings (SSSR count). The van der Waals surface area contributed by atoms with Crippen LogP contribution in [0.15, 0.2) is 30.3 Å². The fourth-order valence-corrected chi connectivity index (χ4v) is 3.02. The van der Waals surface area contributed by atoms with Crippen molar-refractivity contribution in [3.63, 3.8) is 0 Å². The monoisotopic (exact) mass is 212 g/mol. The van der Waals surface area contributed by atoms with E-state index in [0.29, 0.717) is 5.78 Å². The van der Waals surface area contributed by atoms with E-state index >= 15 is 0 Å². The second-order valence-electron chi connectivity index (χ2n) is 4.97. The Morgan fingerprint density at radius 3 is 2.56 bits per heavy atom. The molecule has 0 bridgehead atoms. The third-order valence-electron chi connectivity index (χ3n) is 3.99. The van der Waals surface area contributed by atoms with Crippen molar-refractivity contribution in [1.82, 2.24) is 0 Å². The minimum atomic E-state index is -0.160. The first-order valence-corrected chi connectivity index (χ1v) is 6.15. The van der Waals surface area contributed by atoms with Crippen LogP contribution >= 0.6 is 0 Å². The van der Waals surface area contributed by atoms with E-state index in [1.165, 1.54) is 19.3 Å². The number of hydrogen-bond acceptors (Lipinski definition) is 1. The maximum atomic E-state index is 12.5. The smallest absolute Gasteiger partial charge is 0.173 e. The molecule has 16 heavy (non-hydrogen) atoms. The molecule has 0 amide bonds. The highest BCUT2D eigenvalue weighted by Gasteiger charge is 2.39. The zero-order valence-electron chi connectivity index (χ0n) is 9.41. The molecule has 0 aliphatic heterocycles. The number of rotatable bonds is 0. The highest BCUT2D eigenvalue weighted by atomic mass is 16.1. The first-order chi connectivity index (χ1) is 7.82. The average Bonchev–Trinajstić information content (AvgIpc) is 2.36. The van der Waals surface area contributed by atoms with E-state index in [-0.39, 0.29) is 5.41 Å². The number of hydrogen-bond donors (Lipinski definition) is 0. The second-order valence-corrected chi connectivity index (χ2v) is 4.97. The molecule has 1 nitrogen and oxygen atoms in total. The summed E-state index contributed by atoms with van der Waals surface area (Å²) in [6.07, 6.45) is 10.0. The summed E-state index contributed by atoms with van der Waals surface area (Å²) < 4.78 is 0. The van der Waals surface area contributed by atoms with Gasteiger partial charge in [-0.25, -0.2) is 0 Å². The van der Waals surface area contributed by atoms with Gasteiger partial charge < -0.3 is 0 Å². The van der Waals surface area contributed by atoms with E-state index < -0.39 is 0 Å². The summed E-state index contributed by atoms with van der Waals surface area (Å²) in [7, 11) is 0. The van der Waals surface area contributed by atoms with Crippen LogP contribution in [0.4, 0.5) is 0 Å². The van der Waals surface area contributed by atoms with Gasteiger partial charge in [0, 0.05) is 5.56 Å². The Hall–Kier alpha value is -1.37. The normalized spacial score (nSPS) is 22.1. The van der Waals surface area contributed by atoms with Gasteiger partial charge >= 0.3 is 0 Å². The van der Waals surface area contributed by atoms with Crippen LogP contribution in [0.5, 0.6) is 0 Å². The lowest BCUT2D eigenvalue weighted by Crippen LogP contribution is -2.33. The molecule has 2 aliphatic rings. The Morgan fingerprint density at radius 2 is 1.75 bits per heavy atom. The summed E-state index contributed by atoms with van der Waals surface area (Å²) in [5.41, 5.74) is 1.85. The SMILES string of the molecule is O=C1c2ccccc2C=CC12CCCCC2. The van der Waals surface area contributed by atoms with Gasteiger partial charge in [-0.1, -0.05) is 55.7 Å². The van der Waals surface area contributed by atoms with Crippen LogP contribution in [-0.4, -0.2) is 5.78 Å². The van der Waals surface area contributed by atoms with E-state index in [9.17, 15) is 4.79 Å². The summed E-state index contributed by atoms with van der Waals surface area (Å²) in [5.74, 6) is 0.352. The number of carbonyl (C=O) groups excluding carboxylic acids is 1. The van der Waals surface area contributed by atoms with Crippen LogP contribution < -0.4 is 0 Å². The van der Waals surface area contributed by atoms with Crippen LogP contribution in [0.1, 0.15) is 48.0 Å². The lowest BCUT2D eigenvalue weighted by Gasteiger charge is -2.35. The summed E-state index contributed by atoms with van der Waals surface area (Å²) in [5, 5.41) is 0. The van der Waals surface area contributed by atoms with E-state index in [1.807, 2.05) is 24.3 Å². The number of fused-ring (bicyclic) bond motifs is 1. The van der Waals surface area contributed by atoms with Crippen molar-refractivity contribution in [2.24, 2.45) is 5.41 Å². The first kappa shape index (κ1) is 9.83. The lowest BCUT2D eigenvalue weighted by molar-refractivity contribution is 0.0796. The largest absolute Gasteiger partial charge is 0.293 e. The van der Waals surface area contributed by atoms with Crippen molar-refractivity contribution in [3.05, 3.63) is 41.5 Å². The van der Waals surface area contributed by atoms with Gasteiger partial charge in [0.05, 0.1) is 5.41 Å². The molecule has 0 saturated heterocycles. The van der Waals surface area contributed by atoms with Gasteiger partial charge in [-0.2, -0.15) is 0 Å². The van der Waals surface area contributed by atoms with Crippen molar-refractivity contribution < 1.29 is 4.79 Å². The summed E-state index contributed by atoms with van der Waals surface area (Å²) in [6, 6.07) is 7.96. The molecule has 1 saturated carbocycles. The zero-order valence-corrected chi connectivity index (χ0v) is 9.41. The first-order valence-electron chi connectivity index (χ1n) is 6.15. The van der Waals surface area contributed by atoms with Crippen LogP contribution in [0, 0.1) is 5.41 Å². The molecular formula is C15H16O. The number of benzene rings is 1. The third kappa shape index (κ3) is 1.35. The summed E-state index contributed by atoms with van der Waals surface area (Å²) in [6.45, 7) is 0. The molecule has 0 radical (unpaired) electrons. The molecular weight excluding hydrogens is 196 g/mol. The predicted octanol–water partition coefficient (Wildman–Crippen LogP) is 3.85. The maximum absolute atomic E-state index is 12.5. The van der Waals surface area contributed by atoms with Crippen LogP contribution in [-0.2, 0) is 0 Å². The number of carbonyl (C=O) groups is 1. The highest BCUT2D eigenvalue weighted by Crippen LogP contribution is 2.43. The van der Waals surface area contributed by atoms with Gasteiger partial charge in [-0.05, 0) is 18.4 Å². The molecule has 1 aromatic rings. The van der Waals surface area contributed by atoms with Gasteiger partial charge in [-0.3, -0.25) is 4.79 Å². The molecule has 0 aromatic heterocycles. The van der Waals surface area contributed by atoms with Gasteiger partial charge in [0.25, 0.3) is 0 Å². The Balaban J connectivity index is 2.06. The minimum absolute atomic E-state index is 0.160. The van der Waals surface area contributed by atoms with E-state index in [0.717, 1.165) is 24.0 Å². The molecule has 0 heterocycles. The Labute approximate surface area is 96.2 Å². The summed E-state index contributed by atoms with van der Waals surface area (Å²) >= 11 is 0. The van der Waals surface area contributed by atoms with Crippen molar-refractivity contribution in [1.29, 1.82) is 0 Å². The number of allylic oxidation sites excluding steroid dienone is 1. The number of Topliss-reactive ketones (excluding diaryl/α,β-unsaturated/α-hetero) is 1. The van der Waals surface area contributed by atoms with E-state index in [4.69, 9.17) is 0 Å². The third-order valence-corrected chi connectivity index (χ3v) is 3.99. The van der Waals surface area contributed by atoms with E-state index in [1.54, 1.807) is 0 Å². The Morgan fingerprint density at radius 1 is 1.00 bits per heavy atom. The highest BCUT2D eigenvalue weighted by molar-refractivity contribution is 6.07. The Kier molecular flexibility index (Phi) is 2.20. The fraction of sp³-hybridized carbons (Fsp3) is 0.400. The van der Waals surface area contributed by atoms with Crippen molar-refractivity contribution in [2.75, 3.05) is 0 Å². The van der Waals surface area contributed by atoms with Crippen molar-refractivity contribution in [2.45, 2.75) is 32.1 Å². The van der Waals surface area contributed by atoms with Gasteiger partial charge in [0.2, 0.25) is 0 Å². The predicted molar refractivity (Wildman–Crippen MR) is 65.3 cm³/mol. The van der Waals surface area contributed by atoms with Gasteiger partial charge in [0.15, 0.2) is 5.78 Å². The molecule has 1 spiro atoms. The quantitative estimate of drug-likeness (QED) is 0.638. The maximum Gasteiger partial charge on any atom is 0.173 e. The molecule has 1 heteroatoms. The van der Waals surface area contributed by atoms with Crippen LogP contribution in [0.25, 0.3) is 6.08 Å². The standard InChI is InChI=1S/C15H16O/c16-14-13-7-3-2-6-12(13)8-11-15(14)9-4-1-5-10-15/h2-3,6-8,11H,1,4-5,9-10H2. The summed E-state index contributed by atoms with van der Waals surface area (Å²) in [4.78, 5) is 12.5. The average molecular weight is 212 g/mol. The number of ketones is 1. The van der Waals surface area contributed by atoms with Crippen molar-refractivity contribution in [3.8, 4) is 0 Å². The molecule has 82 valence electrons. The van der Waals surface area contributed by atoms with Crippen LogP contribution in [0.2, 0.25) is 0 Å². The second kappa shape index (κ2) is 3.58. The fourth-order valence-electron chi connectivity index (χ4n) is 3.02. The van der Waals surface area contributed by atoms with Crippen LogP contribution in [0.3, 0.4) is 0 Å². The van der Waals surface area contributed by atoms with Gasteiger partial charge in [-0.15, -0.1) is 0 Å². The molecule has 0 atom stereocenters. The minimum Gasteiger partial charge on any atom is -0.293 e. The molecule has 1 aromatic carbocycles. The molecule has 2 aliphatic carbocycles. The Bertz CT molecular complexity index is 450. The van der Waals surface area contributed by atoms with Gasteiger partial charge in [0.1, 0.15) is 0 Å². The van der Waals surface area contributed by atoms with Crippen molar-refractivity contribution >= 4 is 11.9 Å². The molecule has 0 N–H and O–H groups in total.